The van der Waals surface area contributed by atoms with E-state index in [4.69, 9.17) is 4.74 Å². The van der Waals surface area contributed by atoms with E-state index in [2.05, 4.69) is 15.5 Å². The molecule has 0 unspecified atom stereocenters. The van der Waals surface area contributed by atoms with Crippen LogP contribution < -0.4 is 19.9 Å². The molecule has 2 amide bonds. The topological polar surface area (TPSA) is 87.7 Å². The normalized spacial score (nSPS) is 19.1. The molecule has 0 aliphatic carbocycles. The lowest BCUT2D eigenvalue weighted by Gasteiger charge is -2.23. The molecule has 0 bridgehead atoms. The second-order valence-electron chi connectivity index (χ2n) is 7.13. The molecule has 154 valence electrons. The summed E-state index contributed by atoms with van der Waals surface area (Å²) in [6.45, 7) is 4.40. The summed E-state index contributed by atoms with van der Waals surface area (Å²) in [5.74, 6) is 0.863. The van der Waals surface area contributed by atoms with Gasteiger partial charge in [0.1, 0.15) is 11.8 Å². The Morgan fingerprint density at radius 2 is 2.07 bits per heavy atom. The molecule has 1 N–H and O–H groups in total. The van der Waals surface area contributed by atoms with Crippen molar-refractivity contribution in [2.24, 2.45) is 0 Å². The van der Waals surface area contributed by atoms with Crippen LogP contribution in [0.25, 0.3) is 0 Å². The van der Waals surface area contributed by atoms with Gasteiger partial charge in [0, 0.05) is 31.6 Å². The molecule has 8 nitrogen and oxygen atoms in total. The summed E-state index contributed by atoms with van der Waals surface area (Å²) in [4.78, 5) is 28.5. The highest BCUT2D eigenvalue weighted by molar-refractivity contribution is 7.19. The number of rotatable bonds is 7. The van der Waals surface area contributed by atoms with Crippen molar-refractivity contribution in [2.75, 3.05) is 29.5 Å². The first-order valence-corrected chi connectivity index (χ1v) is 10.9. The molecule has 9 heteroatoms. The van der Waals surface area contributed by atoms with Gasteiger partial charge in [-0.25, -0.2) is 0 Å². The van der Waals surface area contributed by atoms with E-state index in [0.29, 0.717) is 36.4 Å². The van der Waals surface area contributed by atoms with E-state index in [9.17, 15) is 9.59 Å². The number of aromatic nitrogens is 2. The Balaban J connectivity index is 1.41. The van der Waals surface area contributed by atoms with Crippen molar-refractivity contribution in [3.63, 3.8) is 0 Å². The van der Waals surface area contributed by atoms with Crippen molar-refractivity contribution in [3.8, 4) is 5.75 Å². The summed E-state index contributed by atoms with van der Waals surface area (Å²) < 4.78 is 5.63. The lowest BCUT2D eigenvalue weighted by Crippen LogP contribution is -2.43. The highest BCUT2D eigenvalue weighted by atomic mass is 32.1. The number of nitrogens with zero attached hydrogens (tertiary/aromatic N) is 4. The third-order valence-corrected chi connectivity index (χ3v) is 6.22. The van der Waals surface area contributed by atoms with E-state index in [1.54, 1.807) is 4.90 Å². The molecule has 0 radical (unpaired) electrons. The molecule has 1 atom stereocenters. The zero-order valence-electron chi connectivity index (χ0n) is 16.5. The number of hydrogen-bond donors (Lipinski definition) is 1. The molecule has 4 rings (SSSR count). The van der Waals surface area contributed by atoms with Gasteiger partial charge in [-0.3, -0.25) is 14.5 Å². The van der Waals surface area contributed by atoms with Crippen molar-refractivity contribution in [1.82, 2.24) is 15.5 Å². The van der Waals surface area contributed by atoms with Crippen LogP contribution in [-0.2, 0) is 16.1 Å². The van der Waals surface area contributed by atoms with Crippen LogP contribution in [-0.4, -0.2) is 47.7 Å². The van der Waals surface area contributed by atoms with Gasteiger partial charge in [-0.05, 0) is 32.3 Å². The van der Waals surface area contributed by atoms with Crippen LogP contribution in [0.1, 0.15) is 38.2 Å². The Morgan fingerprint density at radius 3 is 2.86 bits per heavy atom. The van der Waals surface area contributed by atoms with E-state index in [0.717, 1.165) is 37.1 Å². The number of hydrogen-bond acceptors (Lipinski definition) is 7. The van der Waals surface area contributed by atoms with Gasteiger partial charge in [-0.15, -0.1) is 10.2 Å². The van der Waals surface area contributed by atoms with Crippen LogP contribution in [0.15, 0.2) is 24.3 Å². The molecule has 2 aliphatic rings. The second kappa shape index (κ2) is 8.77. The summed E-state index contributed by atoms with van der Waals surface area (Å²) in [5, 5.41) is 12.8. The van der Waals surface area contributed by atoms with Crippen LogP contribution in [0.3, 0.4) is 0 Å². The Labute approximate surface area is 173 Å². The largest absolute Gasteiger partial charge is 0.494 e. The quantitative estimate of drug-likeness (QED) is 0.747. The van der Waals surface area contributed by atoms with Crippen LogP contribution >= 0.6 is 11.3 Å². The van der Waals surface area contributed by atoms with E-state index >= 15 is 0 Å². The fourth-order valence-electron chi connectivity index (χ4n) is 3.80. The first-order valence-electron chi connectivity index (χ1n) is 10.1. The van der Waals surface area contributed by atoms with Crippen molar-refractivity contribution < 1.29 is 14.3 Å². The predicted molar refractivity (Wildman–Crippen MR) is 111 cm³/mol. The Kier molecular flexibility index (Phi) is 5.94. The number of anilines is 2. The molecule has 3 heterocycles. The lowest BCUT2D eigenvalue weighted by atomic mass is 10.1. The Morgan fingerprint density at radius 1 is 1.24 bits per heavy atom. The summed E-state index contributed by atoms with van der Waals surface area (Å²) in [5.41, 5.74) is 0.956. The van der Waals surface area contributed by atoms with Crippen molar-refractivity contribution in [3.05, 3.63) is 29.8 Å². The summed E-state index contributed by atoms with van der Waals surface area (Å²) >= 11 is 1.38. The monoisotopic (exact) mass is 415 g/mol. The van der Waals surface area contributed by atoms with Crippen LogP contribution in [0.2, 0.25) is 0 Å². The Bertz CT molecular complexity index is 887. The van der Waals surface area contributed by atoms with E-state index < -0.39 is 0 Å². The maximum Gasteiger partial charge on any atom is 0.243 e. The van der Waals surface area contributed by atoms with Crippen LogP contribution in [0.5, 0.6) is 5.75 Å². The summed E-state index contributed by atoms with van der Waals surface area (Å²) in [6, 6.07) is 7.46. The van der Waals surface area contributed by atoms with Gasteiger partial charge in [0.25, 0.3) is 0 Å². The average Bonchev–Trinajstić information content (AvgIpc) is 3.47. The van der Waals surface area contributed by atoms with Gasteiger partial charge in [-0.1, -0.05) is 29.5 Å². The lowest BCUT2D eigenvalue weighted by molar-refractivity contribution is -0.122. The van der Waals surface area contributed by atoms with Crippen molar-refractivity contribution in [2.45, 2.75) is 45.2 Å². The molecule has 2 aliphatic heterocycles. The molecule has 29 heavy (non-hydrogen) atoms. The number of carbonyl (C=O) groups excluding carboxylic acids is 2. The molecule has 1 aromatic carbocycles. The second-order valence-corrected chi connectivity index (χ2v) is 8.06. The smallest absolute Gasteiger partial charge is 0.243 e. The molecular formula is C20H25N5O3S. The standard InChI is InChI=1S/C20H25N5O3S/c1-2-28-16-9-4-3-7-14(16)13-21-18(27)15-8-5-11-24(15)19-22-23-20(29-19)25-12-6-10-17(25)26/h3-4,7,9,15H,2,5-6,8,10-13H2,1H3,(H,21,27)/t15-/m1/s1. The minimum absolute atomic E-state index is 0.0252. The molecular weight excluding hydrogens is 390 g/mol. The molecule has 1 aromatic heterocycles. The molecule has 0 saturated carbocycles. The summed E-state index contributed by atoms with van der Waals surface area (Å²) in [6.07, 6.45) is 3.11. The predicted octanol–water partition coefficient (Wildman–Crippen LogP) is 2.35. The number of ether oxygens (including phenoxy) is 1. The maximum atomic E-state index is 12.9. The highest BCUT2D eigenvalue weighted by Gasteiger charge is 2.34. The average molecular weight is 416 g/mol. The van der Waals surface area contributed by atoms with Gasteiger partial charge < -0.3 is 15.0 Å². The minimum atomic E-state index is -0.274. The van der Waals surface area contributed by atoms with E-state index in [1.165, 1.54) is 11.3 Å². The zero-order valence-corrected chi connectivity index (χ0v) is 17.3. The van der Waals surface area contributed by atoms with Crippen LogP contribution in [0, 0.1) is 0 Å². The fraction of sp³-hybridized carbons (Fsp3) is 0.500. The third-order valence-electron chi connectivity index (χ3n) is 5.23. The van der Waals surface area contributed by atoms with Crippen molar-refractivity contribution in [1.29, 1.82) is 0 Å². The number of benzene rings is 1. The van der Waals surface area contributed by atoms with Gasteiger partial charge in [0.2, 0.25) is 22.1 Å². The SMILES string of the molecule is CCOc1ccccc1CNC(=O)[C@H]1CCCN1c1nnc(N2CCCC2=O)s1. The first-order chi connectivity index (χ1) is 14.2. The van der Waals surface area contributed by atoms with Gasteiger partial charge in [0.05, 0.1) is 6.61 Å². The number of carbonyl (C=O) groups is 2. The molecule has 2 saturated heterocycles. The first kappa shape index (κ1) is 19.6. The van der Waals surface area contributed by atoms with E-state index in [1.807, 2.05) is 36.1 Å². The van der Waals surface area contributed by atoms with Crippen molar-refractivity contribution >= 4 is 33.4 Å². The van der Waals surface area contributed by atoms with Crippen LogP contribution in [0.4, 0.5) is 10.3 Å². The molecule has 0 spiro atoms. The third kappa shape index (κ3) is 4.19. The molecule has 2 aromatic rings. The van der Waals surface area contributed by atoms with E-state index in [-0.39, 0.29) is 17.9 Å². The molecule has 2 fully saturated rings. The summed E-state index contributed by atoms with van der Waals surface area (Å²) in [7, 11) is 0. The number of nitrogens with one attached hydrogen (secondary N) is 1. The van der Waals surface area contributed by atoms with Gasteiger partial charge in [0.15, 0.2) is 0 Å². The highest BCUT2D eigenvalue weighted by Crippen LogP contribution is 2.33. The number of para-hydroxylation sites is 1. The Hall–Kier alpha value is -2.68. The maximum absolute atomic E-state index is 12.9. The minimum Gasteiger partial charge on any atom is -0.494 e. The fourth-order valence-corrected chi connectivity index (χ4v) is 4.76. The van der Waals surface area contributed by atoms with Gasteiger partial charge in [-0.2, -0.15) is 0 Å². The number of amides is 2. The van der Waals surface area contributed by atoms with Gasteiger partial charge >= 0.3 is 0 Å². The zero-order chi connectivity index (χ0) is 20.2.